The SMILES string of the molecule is O=C(O)CN1CCN(CC(=O)O)CCN(Cc2ccc3ccccc3n2)CCN(CC(=O)O)CC1. The Morgan fingerprint density at radius 1 is 0.629 bits per heavy atom. The van der Waals surface area contributed by atoms with Gasteiger partial charge in [-0.05, 0) is 12.1 Å². The second-order valence-electron chi connectivity index (χ2n) is 8.78. The summed E-state index contributed by atoms with van der Waals surface area (Å²) in [5, 5.41) is 29.0. The fourth-order valence-corrected chi connectivity index (χ4v) is 4.21. The monoisotopic (exact) mass is 487 g/mol. The lowest BCUT2D eigenvalue weighted by Crippen LogP contribution is -2.48. The number of carboxylic acid groups (broad SMARTS) is 3. The minimum atomic E-state index is -0.972. The van der Waals surface area contributed by atoms with Crippen molar-refractivity contribution in [2.45, 2.75) is 6.54 Å². The Bertz CT molecular complexity index is 987. The summed E-state index contributed by atoms with van der Waals surface area (Å²) in [6.07, 6.45) is 0. The Hall–Kier alpha value is -3.12. The van der Waals surface area contributed by atoms with Gasteiger partial charge in [0.15, 0.2) is 0 Å². The Morgan fingerprint density at radius 3 is 1.51 bits per heavy atom. The summed E-state index contributed by atoms with van der Waals surface area (Å²) < 4.78 is 0. The van der Waals surface area contributed by atoms with Gasteiger partial charge >= 0.3 is 17.9 Å². The molecule has 11 heteroatoms. The van der Waals surface area contributed by atoms with Gasteiger partial charge in [0.05, 0.1) is 30.8 Å². The molecule has 3 N–H and O–H groups in total. The highest BCUT2D eigenvalue weighted by atomic mass is 16.4. The lowest BCUT2D eigenvalue weighted by Gasteiger charge is -2.33. The fourth-order valence-electron chi connectivity index (χ4n) is 4.21. The van der Waals surface area contributed by atoms with E-state index >= 15 is 0 Å². The molecule has 2 heterocycles. The average Bonchev–Trinajstić information content (AvgIpc) is 2.79. The van der Waals surface area contributed by atoms with E-state index in [4.69, 9.17) is 4.98 Å². The van der Waals surface area contributed by atoms with Crippen LogP contribution in [0.3, 0.4) is 0 Å². The first-order valence-corrected chi connectivity index (χ1v) is 11.7. The molecule has 0 amide bonds. The quantitative estimate of drug-likeness (QED) is 0.471. The number of hydrogen-bond donors (Lipinski definition) is 3. The predicted octanol–water partition coefficient (Wildman–Crippen LogP) is 0.210. The topological polar surface area (TPSA) is 138 Å². The van der Waals surface area contributed by atoms with Crippen molar-refractivity contribution in [3.05, 3.63) is 42.1 Å². The summed E-state index contributed by atoms with van der Waals surface area (Å²) in [5.74, 6) is -2.84. The number of rotatable bonds is 8. The molecule has 0 aliphatic carbocycles. The van der Waals surface area contributed by atoms with Crippen molar-refractivity contribution in [3.8, 4) is 0 Å². The third kappa shape index (κ3) is 9.21. The highest BCUT2D eigenvalue weighted by Crippen LogP contribution is 2.13. The van der Waals surface area contributed by atoms with Gasteiger partial charge < -0.3 is 15.3 Å². The van der Waals surface area contributed by atoms with Crippen LogP contribution in [0.2, 0.25) is 0 Å². The molecule has 2 aromatic rings. The van der Waals surface area contributed by atoms with E-state index in [9.17, 15) is 29.7 Å². The molecule has 0 atom stereocenters. The lowest BCUT2D eigenvalue weighted by atomic mass is 10.2. The fraction of sp³-hybridized carbons (Fsp3) is 0.500. The van der Waals surface area contributed by atoms with Crippen LogP contribution in [-0.4, -0.2) is 130 Å². The molecular formula is C24H33N5O6. The standard InChI is InChI=1S/C24H33N5O6/c30-22(31)16-27-9-7-26(15-20-6-5-19-3-1-2-4-21(19)25-20)8-10-28(17-23(32)33)12-14-29(13-11-27)18-24(34)35/h1-6H,7-18H2,(H,30,31)(H,32,33)(H,34,35). The van der Waals surface area contributed by atoms with Gasteiger partial charge in [0, 0.05) is 64.3 Å². The number of benzene rings is 1. The molecule has 1 aromatic heterocycles. The number of nitrogens with zero attached hydrogens (tertiary/aromatic N) is 5. The first kappa shape index (κ1) is 26.5. The van der Waals surface area contributed by atoms with Gasteiger partial charge in [-0.3, -0.25) is 39.0 Å². The summed E-state index contributed by atoms with van der Waals surface area (Å²) in [7, 11) is 0. The van der Waals surface area contributed by atoms with E-state index in [2.05, 4.69) is 4.90 Å². The number of hydrogen-bond acceptors (Lipinski definition) is 8. The van der Waals surface area contributed by atoms with Crippen LogP contribution in [0.15, 0.2) is 36.4 Å². The summed E-state index contributed by atoms with van der Waals surface area (Å²) in [5.41, 5.74) is 1.79. The number of aromatic nitrogens is 1. The largest absolute Gasteiger partial charge is 0.480 e. The van der Waals surface area contributed by atoms with Crippen molar-refractivity contribution in [3.63, 3.8) is 0 Å². The first-order valence-electron chi connectivity index (χ1n) is 11.7. The van der Waals surface area contributed by atoms with Gasteiger partial charge in [0.1, 0.15) is 0 Å². The number of aliphatic carboxylic acids is 3. The second kappa shape index (κ2) is 13.1. The summed E-state index contributed by atoms with van der Waals surface area (Å²) in [6.45, 7) is 3.80. The first-order chi connectivity index (χ1) is 16.8. The molecule has 1 aromatic carbocycles. The van der Waals surface area contributed by atoms with E-state index in [1.807, 2.05) is 46.2 Å². The highest BCUT2D eigenvalue weighted by molar-refractivity contribution is 5.78. The maximum Gasteiger partial charge on any atom is 0.317 e. The molecule has 0 spiro atoms. The summed E-state index contributed by atoms with van der Waals surface area (Å²) in [6, 6.07) is 11.9. The molecule has 11 nitrogen and oxygen atoms in total. The molecule has 1 saturated heterocycles. The number of carbonyl (C=O) groups is 3. The minimum Gasteiger partial charge on any atom is -0.480 e. The maximum atomic E-state index is 11.4. The van der Waals surface area contributed by atoms with Crippen LogP contribution in [0.1, 0.15) is 5.69 Å². The Labute approximate surface area is 204 Å². The van der Waals surface area contributed by atoms with E-state index in [1.165, 1.54) is 0 Å². The zero-order chi connectivity index (χ0) is 25.2. The summed E-state index contributed by atoms with van der Waals surface area (Å²) >= 11 is 0. The molecular weight excluding hydrogens is 454 g/mol. The van der Waals surface area contributed by atoms with E-state index in [1.54, 1.807) is 4.90 Å². The molecule has 35 heavy (non-hydrogen) atoms. The molecule has 190 valence electrons. The van der Waals surface area contributed by atoms with Gasteiger partial charge in [-0.1, -0.05) is 24.3 Å². The van der Waals surface area contributed by atoms with E-state index in [-0.39, 0.29) is 19.6 Å². The predicted molar refractivity (Wildman–Crippen MR) is 129 cm³/mol. The highest BCUT2D eigenvalue weighted by Gasteiger charge is 2.20. The molecule has 3 rings (SSSR count). The van der Waals surface area contributed by atoms with E-state index in [0.29, 0.717) is 58.9 Å². The lowest BCUT2D eigenvalue weighted by molar-refractivity contribution is -0.140. The normalized spacial score (nSPS) is 18.1. The molecule has 1 aliphatic rings. The number of carboxylic acids is 3. The van der Waals surface area contributed by atoms with Gasteiger partial charge in [-0.2, -0.15) is 0 Å². The molecule has 1 aliphatic heterocycles. The van der Waals surface area contributed by atoms with Gasteiger partial charge in [-0.25, -0.2) is 0 Å². The number of para-hydroxylation sites is 1. The minimum absolute atomic E-state index is 0.131. The molecule has 0 saturated carbocycles. The zero-order valence-corrected chi connectivity index (χ0v) is 19.8. The van der Waals surface area contributed by atoms with Crippen LogP contribution in [0.4, 0.5) is 0 Å². The Morgan fingerprint density at radius 2 is 1.06 bits per heavy atom. The third-order valence-corrected chi connectivity index (χ3v) is 6.05. The van der Waals surface area contributed by atoms with E-state index in [0.717, 1.165) is 16.6 Å². The van der Waals surface area contributed by atoms with Crippen LogP contribution in [-0.2, 0) is 20.9 Å². The van der Waals surface area contributed by atoms with Crippen LogP contribution in [0.25, 0.3) is 10.9 Å². The smallest absolute Gasteiger partial charge is 0.317 e. The average molecular weight is 488 g/mol. The number of fused-ring (bicyclic) bond motifs is 1. The van der Waals surface area contributed by atoms with Crippen molar-refractivity contribution in [2.75, 3.05) is 72.0 Å². The van der Waals surface area contributed by atoms with Crippen LogP contribution < -0.4 is 0 Å². The summed E-state index contributed by atoms with van der Waals surface area (Å²) in [4.78, 5) is 46.4. The van der Waals surface area contributed by atoms with Crippen molar-refractivity contribution < 1.29 is 29.7 Å². The molecule has 0 radical (unpaired) electrons. The zero-order valence-electron chi connectivity index (χ0n) is 19.8. The van der Waals surface area contributed by atoms with Crippen LogP contribution in [0, 0.1) is 0 Å². The van der Waals surface area contributed by atoms with Crippen molar-refractivity contribution in [1.82, 2.24) is 24.6 Å². The van der Waals surface area contributed by atoms with E-state index < -0.39 is 17.9 Å². The van der Waals surface area contributed by atoms with Crippen LogP contribution >= 0.6 is 0 Å². The Kier molecular flexibility index (Phi) is 9.91. The van der Waals surface area contributed by atoms with Crippen molar-refractivity contribution >= 4 is 28.8 Å². The maximum absolute atomic E-state index is 11.4. The van der Waals surface area contributed by atoms with Crippen molar-refractivity contribution in [2.24, 2.45) is 0 Å². The van der Waals surface area contributed by atoms with Gasteiger partial charge in [0.25, 0.3) is 0 Å². The Balaban J connectivity index is 1.76. The molecule has 1 fully saturated rings. The van der Waals surface area contributed by atoms with Crippen molar-refractivity contribution in [1.29, 1.82) is 0 Å². The number of pyridine rings is 1. The molecule has 0 bridgehead atoms. The third-order valence-electron chi connectivity index (χ3n) is 6.05. The van der Waals surface area contributed by atoms with Gasteiger partial charge in [0.2, 0.25) is 0 Å². The second-order valence-corrected chi connectivity index (χ2v) is 8.78. The van der Waals surface area contributed by atoms with Crippen LogP contribution in [0.5, 0.6) is 0 Å². The van der Waals surface area contributed by atoms with Gasteiger partial charge in [-0.15, -0.1) is 0 Å². The molecule has 0 unspecified atom stereocenters.